The second kappa shape index (κ2) is 6.67. The second-order valence-corrected chi connectivity index (χ2v) is 6.48. The molecule has 1 aromatic rings. The lowest BCUT2D eigenvalue weighted by Crippen LogP contribution is -2.38. The maximum Gasteiger partial charge on any atom is 0.401 e. The topological polar surface area (TPSA) is 46.2 Å². The molecule has 22 heavy (non-hydrogen) atoms. The van der Waals surface area contributed by atoms with Gasteiger partial charge in [0.15, 0.2) is 10.6 Å². The van der Waals surface area contributed by atoms with E-state index in [-0.39, 0.29) is 25.2 Å². The van der Waals surface area contributed by atoms with Crippen molar-refractivity contribution < 1.29 is 18.3 Å². The molecule has 1 saturated carbocycles. The molecule has 1 N–H and O–H groups in total. The molecule has 0 atom stereocenters. The summed E-state index contributed by atoms with van der Waals surface area (Å²) in [6.07, 6.45) is -2.34. The molecule has 9 heteroatoms. The van der Waals surface area contributed by atoms with Crippen molar-refractivity contribution in [2.75, 3.05) is 13.1 Å². The van der Waals surface area contributed by atoms with Gasteiger partial charge in [-0.3, -0.25) is 9.47 Å². The molecule has 2 rings (SSSR count). The summed E-state index contributed by atoms with van der Waals surface area (Å²) in [5, 5.41) is 13.5. The summed E-state index contributed by atoms with van der Waals surface area (Å²) in [5.74, 6) is 0.517. The Kier molecular flexibility index (Phi) is 5.29. The number of aliphatic hydroxyl groups is 1. The van der Waals surface area contributed by atoms with E-state index in [1.54, 1.807) is 4.57 Å². The lowest BCUT2D eigenvalue weighted by Gasteiger charge is -2.25. The third-order valence-electron chi connectivity index (χ3n) is 3.35. The summed E-state index contributed by atoms with van der Waals surface area (Å²) in [7, 11) is 0. The molecular weight excluding hydrogens is 317 g/mol. The van der Waals surface area contributed by atoms with Crippen molar-refractivity contribution in [3.63, 3.8) is 0 Å². The zero-order valence-electron chi connectivity index (χ0n) is 12.7. The van der Waals surface area contributed by atoms with Gasteiger partial charge in [-0.1, -0.05) is 13.8 Å². The predicted molar refractivity (Wildman–Crippen MR) is 77.7 cm³/mol. The third-order valence-corrected chi connectivity index (χ3v) is 3.76. The Morgan fingerprint density at radius 1 is 1.41 bits per heavy atom. The minimum absolute atomic E-state index is 0.0246. The summed E-state index contributed by atoms with van der Waals surface area (Å²) in [4.78, 5) is 1.28. The van der Waals surface area contributed by atoms with Gasteiger partial charge < -0.3 is 5.11 Å². The maximum atomic E-state index is 12.7. The molecule has 0 aliphatic heterocycles. The summed E-state index contributed by atoms with van der Waals surface area (Å²) in [6.45, 7) is 2.73. The van der Waals surface area contributed by atoms with Crippen LogP contribution in [0.4, 0.5) is 13.2 Å². The van der Waals surface area contributed by atoms with Crippen LogP contribution in [0.25, 0.3) is 0 Å². The molecule has 0 spiro atoms. The molecular formula is C13H21F3N4OS. The molecule has 0 aromatic carbocycles. The van der Waals surface area contributed by atoms with Gasteiger partial charge in [0.1, 0.15) is 6.61 Å². The number of alkyl halides is 3. The van der Waals surface area contributed by atoms with E-state index in [2.05, 4.69) is 5.10 Å². The van der Waals surface area contributed by atoms with Crippen molar-refractivity contribution in [2.45, 2.75) is 52.2 Å². The normalized spacial score (nSPS) is 16.0. The third kappa shape index (κ3) is 4.53. The highest BCUT2D eigenvalue weighted by Gasteiger charge is 2.32. The predicted octanol–water partition coefficient (Wildman–Crippen LogP) is 2.72. The fourth-order valence-corrected chi connectivity index (χ4v) is 2.85. The molecule has 1 aliphatic rings. The van der Waals surface area contributed by atoms with Gasteiger partial charge in [0.25, 0.3) is 0 Å². The summed E-state index contributed by atoms with van der Waals surface area (Å²) >= 11 is 5.31. The fourth-order valence-electron chi connectivity index (χ4n) is 2.50. The number of aliphatic hydroxyl groups excluding tert-OH is 1. The standard InChI is InChI=1S/C13H21F3N4OS/c1-9(2)5-18(7-13(14,15)16)8-19-12(22)20(10-3-4-10)11(6-21)17-19/h9-10,21H,3-8H2,1-2H3. The van der Waals surface area contributed by atoms with Crippen LogP contribution in [0.2, 0.25) is 0 Å². The number of hydrogen-bond donors (Lipinski definition) is 1. The van der Waals surface area contributed by atoms with Gasteiger partial charge in [0.2, 0.25) is 0 Å². The molecule has 126 valence electrons. The first-order valence-corrected chi connectivity index (χ1v) is 7.70. The maximum absolute atomic E-state index is 12.7. The largest absolute Gasteiger partial charge is 0.401 e. The average Bonchev–Trinajstić information content (AvgIpc) is 3.13. The quantitative estimate of drug-likeness (QED) is 0.777. The highest BCUT2D eigenvalue weighted by Crippen LogP contribution is 2.36. The average molecular weight is 338 g/mol. The van der Waals surface area contributed by atoms with Crippen LogP contribution in [-0.4, -0.2) is 43.6 Å². The van der Waals surface area contributed by atoms with Gasteiger partial charge >= 0.3 is 6.18 Å². The van der Waals surface area contributed by atoms with Crippen LogP contribution in [-0.2, 0) is 13.3 Å². The van der Waals surface area contributed by atoms with Crippen LogP contribution >= 0.6 is 12.2 Å². The Bertz CT molecular complexity index is 563. The van der Waals surface area contributed by atoms with Crippen LogP contribution < -0.4 is 0 Å². The van der Waals surface area contributed by atoms with E-state index in [0.717, 1.165) is 12.8 Å². The molecule has 0 amide bonds. The Balaban J connectivity index is 2.20. The van der Waals surface area contributed by atoms with Gasteiger partial charge in [-0.2, -0.15) is 18.3 Å². The molecule has 1 aromatic heterocycles. The number of rotatable bonds is 7. The number of hydrogen-bond acceptors (Lipinski definition) is 4. The molecule has 0 radical (unpaired) electrons. The molecule has 5 nitrogen and oxygen atoms in total. The molecule has 1 aliphatic carbocycles. The number of nitrogens with zero attached hydrogens (tertiary/aromatic N) is 4. The second-order valence-electron chi connectivity index (χ2n) is 6.12. The highest BCUT2D eigenvalue weighted by molar-refractivity contribution is 7.71. The monoisotopic (exact) mass is 338 g/mol. The van der Waals surface area contributed by atoms with Crippen LogP contribution in [0.5, 0.6) is 0 Å². The van der Waals surface area contributed by atoms with E-state index in [9.17, 15) is 18.3 Å². The Labute approximate surface area is 132 Å². The van der Waals surface area contributed by atoms with Crippen molar-refractivity contribution in [3.05, 3.63) is 10.6 Å². The van der Waals surface area contributed by atoms with Gasteiger partial charge in [-0.05, 0) is 31.0 Å². The van der Waals surface area contributed by atoms with Crippen LogP contribution in [0.3, 0.4) is 0 Å². The highest BCUT2D eigenvalue weighted by atomic mass is 32.1. The van der Waals surface area contributed by atoms with Gasteiger partial charge in [0.05, 0.1) is 13.2 Å². The van der Waals surface area contributed by atoms with Crippen LogP contribution in [0.1, 0.15) is 38.6 Å². The van der Waals surface area contributed by atoms with Gasteiger partial charge in [0, 0.05) is 12.6 Å². The van der Waals surface area contributed by atoms with Crippen LogP contribution in [0, 0.1) is 10.7 Å². The first-order chi connectivity index (χ1) is 10.2. The summed E-state index contributed by atoms with van der Waals surface area (Å²) in [6, 6.07) is 0.226. The summed E-state index contributed by atoms with van der Waals surface area (Å²) < 4.78 is 41.6. The zero-order valence-corrected chi connectivity index (χ0v) is 13.5. The van der Waals surface area contributed by atoms with E-state index in [1.165, 1.54) is 9.58 Å². The number of halogens is 3. The van der Waals surface area contributed by atoms with E-state index in [1.807, 2.05) is 13.8 Å². The molecule has 0 saturated heterocycles. The zero-order chi connectivity index (χ0) is 16.5. The van der Waals surface area contributed by atoms with Crippen molar-refractivity contribution in [2.24, 2.45) is 5.92 Å². The minimum Gasteiger partial charge on any atom is -0.388 e. The van der Waals surface area contributed by atoms with E-state index < -0.39 is 12.7 Å². The summed E-state index contributed by atoms with van der Waals surface area (Å²) in [5.41, 5.74) is 0. The minimum atomic E-state index is -4.27. The lowest BCUT2D eigenvalue weighted by atomic mass is 10.2. The van der Waals surface area contributed by atoms with E-state index in [0.29, 0.717) is 17.1 Å². The van der Waals surface area contributed by atoms with Gasteiger partial charge in [-0.25, -0.2) is 4.68 Å². The SMILES string of the molecule is CC(C)CN(Cn1nc(CO)n(C2CC2)c1=S)CC(F)(F)F. The van der Waals surface area contributed by atoms with E-state index >= 15 is 0 Å². The smallest absolute Gasteiger partial charge is 0.388 e. The first kappa shape index (κ1) is 17.4. The molecule has 0 bridgehead atoms. The van der Waals surface area contributed by atoms with E-state index in [4.69, 9.17) is 12.2 Å². The Hall–Kier alpha value is -0.930. The van der Waals surface area contributed by atoms with Crippen molar-refractivity contribution in [1.29, 1.82) is 0 Å². The Morgan fingerprint density at radius 2 is 2.05 bits per heavy atom. The van der Waals surface area contributed by atoms with Crippen molar-refractivity contribution >= 4 is 12.2 Å². The fraction of sp³-hybridized carbons (Fsp3) is 0.846. The first-order valence-electron chi connectivity index (χ1n) is 7.29. The van der Waals surface area contributed by atoms with Crippen molar-refractivity contribution in [1.82, 2.24) is 19.2 Å². The van der Waals surface area contributed by atoms with Crippen LogP contribution in [0.15, 0.2) is 0 Å². The molecule has 1 fully saturated rings. The molecule has 1 heterocycles. The molecule has 0 unspecified atom stereocenters. The van der Waals surface area contributed by atoms with Gasteiger partial charge in [-0.15, -0.1) is 0 Å². The Morgan fingerprint density at radius 3 is 2.50 bits per heavy atom. The van der Waals surface area contributed by atoms with Crippen molar-refractivity contribution in [3.8, 4) is 0 Å². The number of aromatic nitrogens is 3. The lowest BCUT2D eigenvalue weighted by molar-refractivity contribution is -0.151.